The molecule has 0 radical (unpaired) electrons. The third-order valence-corrected chi connectivity index (χ3v) is 3.23. The maximum atomic E-state index is 5.79. The molecule has 5 heteroatoms. The first-order chi connectivity index (χ1) is 9.81. The van der Waals surface area contributed by atoms with Gasteiger partial charge in [0.2, 0.25) is 0 Å². The SMILES string of the molecule is Cc1ccccc1-n1nnc(CN)c1-c1ccncc1. The number of aromatic nitrogens is 4. The zero-order valence-corrected chi connectivity index (χ0v) is 11.2. The van der Waals surface area contributed by atoms with Crippen molar-refractivity contribution in [3.05, 3.63) is 60.0 Å². The van der Waals surface area contributed by atoms with Crippen LogP contribution in [0.15, 0.2) is 48.8 Å². The molecule has 0 saturated heterocycles. The second kappa shape index (κ2) is 5.22. The van der Waals surface area contributed by atoms with E-state index < -0.39 is 0 Å². The Bertz CT molecular complexity index is 718. The van der Waals surface area contributed by atoms with Gasteiger partial charge in [-0.1, -0.05) is 23.4 Å². The Morgan fingerprint density at radius 3 is 2.55 bits per heavy atom. The molecule has 2 aromatic heterocycles. The van der Waals surface area contributed by atoms with Crippen LogP contribution < -0.4 is 5.73 Å². The third kappa shape index (κ3) is 2.08. The van der Waals surface area contributed by atoms with Crippen molar-refractivity contribution in [2.45, 2.75) is 13.5 Å². The number of rotatable bonds is 3. The molecule has 2 heterocycles. The summed E-state index contributed by atoms with van der Waals surface area (Å²) in [7, 11) is 0. The van der Waals surface area contributed by atoms with Crippen LogP contribution in [0.4, 0.5) is 0 Å². The first kappa shape index (κ1) is 12.5. The normalized spacial score (nSPS) is 10.7. The Kier molecular flexibility index (Phi) is 3.26. The fourth-order valence-corrected chi connectivity index (χ4v) is 2.22. The molecule has 2 N–H and O–H groups in total. The molecule has 0 aliphatic heterocycles. The lowest BCUT2D eigenvalue weighted by Crippen LogP contribution is -2.04. The van der Waals surface area contributed by atoms with Gasteiger partial charge in [-0.15, -0.1) is 5.10 Å². The van der Waals surface area contributed by atoms with Crippen LogP contribution in [0.25, 0.3) is 16.9 Å². The highest BCUT2D eigenvalue weighted by molar-refractivity contribution is 5.64. The second-order valence-electron chi connectivity index (χ2n) is 4.52. The van der Waals surface area contributed by atoms with Crippen LogP contribution in [0.3, 0.4) is 0 Å². The summed E-state index contributed by atoms with van der Waals surface area (Å²) in [4.78, 5) is 4.05. The zero-order chi connectivity index (χ0) is 13.9. The average molecular weight is 265 g/mol. The van der Waals surface area contributed by atoms with E-state index in [1.165, 1.54) is 0 Å². The minimum Gasteiger partial charge on any atom is -0.325 e. The number of nitrogens with two attached hydrogens (primary N) is 1. The summed E-state index contributed by atoms with van der Waals surface area (Å²) in [6.07, 6.45) is 3.51. The molecule has 0 aliphatic carbocycles. The molecule has 3 rings (SSSR count). The van der Waals surface area contributed by atoms with E-state index in [0.717, 1.165) is 28.2 Å². The fourth-order valence-electron chi connectivity index (χ4n) is 2.22. The highest BCUT2D eigenvalue weighted by Gasteiger charge is 2.15. The van der Waals surface area contributed by atoms with Gasteiger partial charge in [0.1, 0.15) is 5.69 Å². The lowest BCUT2D eigenvalue weighted by atomic mass is 10.1. The molecule has 20 heavy (non-hydrogen) atoms. The van der Waals surface area contributed by atoms with Gasteiger partial charge in [0.05, 0.1) is 11.4 Å². The fraction of sp³-hybridized carbons (Fsp3) is 0.133. The smallest absolute Gasteiger partial charge is 0.105 e. The minimum atomic E-state index is 0.351. The van der Waals surface area contributed by atoms with E-state index in [-0.39, 0.29) is 0 Å². The lowest BCUT2D eigenvalue weighted by Gasteiger charge is -2.10. The molecule has 0 unspecified atom stereocenters. The van der Waals surface area contributed by atoms with Crippen molar-refractivity contribution in [3.63, 3.8) is 0 Å². The van der Waals surface area contributed by atoms with E-state index in [0.29, 0.717) is 6.54 Å². The molecule has 5 nitrogen and oxygen atoms in total. The minimum absolute atomic E-state index is 0.351. The average Bonchev–Trinajstić information content (AvgIpc) is 2.92. The number of nitrogens with zero attached hydrogens (tertiary/aromatic N) is 4. The molecule has 0 bridgehead atoms. The van der Waals surface area contributed by atoms with Crippen molar-refractivity contribution >= 4 is 0 Å². The van der Waals surface area contributed by atoms with Crippen LogP contribution in [0.2, 0.25) is 0 Å². The standard InChI is InChI=1S/C15H15N5/c1-11-4-2-3-5-14(11)20-15(13(10-16)18-19-20)12-6-8-17-9-7-12/h2-9H,10,16H2,1H3. The van der Waals surface area contributed by atoms with E-state index >= 15 is 0 Å². The predicted molar refractivity (Wildman–Crippen MR) is 77.2 cm³/mol. The van der Waals surface area contributed by atoms with E-state index in [1.54, 1.807) is 12.4 Å². The summed E-state index contributed by atoms with van der Waals surface area (Å²) in [5.74, 6) is 0. The highest BCUT2D eigenvalue weighted by atomic mass is 15.4. The first-order valence-electron chi connectivity index (χ1n) is 6.42. The van der Waals surface area contributed by atoms with Crippen LogP contribution in [-0.2, 0) is 6.54 Å². The van der Waals surface area contributed by atoms with Crippen molar-refractivity contribution in [1.82, 2.24) is 20.0 Å². The predicted octanol–water partition coefficient (Wildman–Crippen LogP) is 2.10. The van der Waals surface area contributed by atoms with Crippen LogP contribution in [0.1, 0.15) is 11.3 Å². The summed E-state index contributed by atoms with van der Waals surface area (Å²) in [5, 5.41) is 8.46. The third-order valence-electron chi connectivity index (χ3n) is 3.23. The van der Waals surface area contributed by atoms with Gasteiger partial charge in [-0.3, -0.25) is 4.98 Å². The van der Waals surface area contributed by atoms with Gasteiger partial charge in [-0.25, -0.2) is 4.68 Å². The molecule has 0 fully saturated rings. The van der Waals surface area contributed by atoms with Crippen LogP contribution in [0.5, 0.6) is 0 Å². The van der Waals surface area contributed by atoms with E-state index in [9.17, 15) is 0 Å². The van der Waals surface area contributed by atoms with Gasteiger partial charge in [-0.05, 0) is 30.7 Å². The second-order valence-corrected chi connectivity index (χ2v) is 4.52. The molecule has 1 aromatic carbocycles. The molecular weight excluding hydrogens is 250 g/mol. The molecular formula is C15H15N5. The molecule has 0 saturated carbocycles. The summed E-state index contributed by atoms with van der Waals surface area (Å²) in [6, 6.07) is 11.9. The molecule has 100 valence electrons. The van der Waals surface area contributed by atoms with Gasteiger partial charge in [-0.2, -0.15) is 0 Å². The number of aryl methyl sites for hydroxylation is 1. The summed E-state index contributed by atoms with van der Waals surface area (Å²) in [6.45, 7) is 2.40. The Hall–Kier alpha value is -2.53. The zero-order valence-electron chi connectivity index (χ0n) is 11.2. The Labute approximate surface area is 117 Å². The van der Waals surface area contributed by atoms with Gasteiger partial charge < -0.3 is 5.73 Å². The van der Waals surface area contributed by atoms with Gasteiger partial charge >= 0.3 is 0 Å². The molecule has 0 amide bonds. The summed E-state index contributed by atoms with van der Waals surface area (Å²) >= 11 is 0. The quantitative estimate of drug-likeness (QED) is 0.787. The number of para-hydroxylation sites is 1. The van der Waals surface area contributed by atoms with Crippen molar-refractivity contribution in [2.24, 2.45) is 5.73 Å². The topological polar surface area (TPSA) is 69.6 Å². The Morgan fingerprint density at radius 2 is 1.85 bits per heavy atom. The van der Waals surface area contributed by atoms with Crippen molar-refractivity contribution < 1.29 is 0 Å². The van der Waals surface area contributed by atoms with Crippen molar-refractivity contribution in [3.8, 4) is 16.9 Å². The van der Waals surface area contributed by atoms with Crippen LogP contribution >= 0.6 is 0 Å². The monoisotopic (exact) mass is 265 g/mol. The largest absolute Gasteiger partial charge is 0.325 e. The van der Waals surface area contributed by atoms with Crippen LogP contribution in [0, 0.1) is 6.92 Å². The molecule has 0 spiro atoms. The summed E-state index contributed by atoms with van der Waals surface area (Å²) < 4.78 is 1.84. The first-order valence-corrected chi connectivity index (χ1v) is 6.42. The number of hydrogen-bond acceptors (Lipinski definition) is 4. The maximum absolute atomic E-state index is 5.79. The molecule has 3 aromatic rings. The van der Waals surface area contributed by atoms with Crippen molar-refractivity contribution in [2.75, 3.05) is 0 Å². The Morgan fingerprint density at radius 1 is 1.10 bits per heavy atom. The van der Waals surface area contributed by atoms with Gasteiger partial charge in [0, 0.05) is 24.5 Å². The van der Waals surface area contributed by atoms with Crippen molar-refractivity contribution in [1.29, 1.82) is 0 Å². The maximum Gasteiger partial charge on any atom is 0.105 e. The van der Waals surface area contributed by atoms with Gasteiger partial charge in [0.15, 0.2) is 0 Å². The highest BCUT2D eigenvalue weighted by Crippen LogP contribution is 2.25. The number of benzene rings is 1. The molecule has 0 atom stereocenters. The van der Waals surface area contributed by atoms with E-state index in [2.05, 4.69) is 28.3 Å². The number of pyridine rings is 1. The van der Waals surface area contributed by atoms with E-state index in [4.69, 9.17) is 5.73 Å². The summed E-state index contributed by atoms with van der Waals surface area (Å²) in [5.41, 5.74) is 10.6. The Balaban J connectivity index is 2.24. The lowest BCUT2D eigenvalue weighted by molar-refractivity contribution is 0.795. The molecule has 0 aliphatic rings. The van der Waals surface area contributed by atoms with Gasteiger partial charge in [0.25, 0.3) is 0 Å². The van der Waals surface area contributed by atoms with Crippen LogP contribution in [-0.4, -0.2) is 20.0 Å². The number of hydrogen-bond donors (Lipinski definition) is 1. The van der Waals surface area contributed by atoms with E-state index in [1.807, 2.05) is 35.0 Å².